The van der Waals surface area contributed by atoms with Crippen molar-refractivity contribution in [1.29, 1.82) is 0 Å². The fourth-order valence-electron chi connectivity index (χ4n) is 7.86. The van der Waals surface area contributed by atoms with Crippen LogP contribution in [-0.4, -0.2) is 39.6 Å². The summed E-state index contributed by atoms with van der Waals surface area (Å²) in [7, 11) is 0. The molecule has 1 aromatic rings. The Morgan fingerprint density at radius 2 is 1.61 bits per heavy atom. The zero-order valence-electron chi connectivity index (χ0n) is 23.3. The molecule has 5 nitrogen and oxygen atoms in total. The number of ether oxygens (including phenoxy) is 2. The van der Waals surface area contributed by atoms with E-state index in [4.69, 9.17) is 9.47 Å². The van der Waals surface area contributed by atoms with Gasteiger partial charge in [-0.2, -0.15) is 0 Å². The van der Waals surface area contributed by atoms with E-state index < -0.39 is 28.4 Å². The summed E-state index contributed by atoms with van der Waals surface area (Å²) in [5.41, 5.74) is -1.86. The zero-order chi connectivity index (χ0) is 26.8. The normalized spacial score (nSPS) is 33.4. The van der Waals surface area contributed by atoms with Gasteiger partial charge >= 0.3 is 5.97 Å². The van der Waals surface area contributed by atoms with E-state index in [1.54, 1.807) is 6.92 Å². The summed E-state index contributed by atoms with van der Waals surface area (Å²) in [6, 6.07) is 8.12. The van der Waals surface area contributed by atoms with E-state index in [-0.39, 0.29) is 17.4 Å². The van der Waals surface area contributed by atoms with Crippen molar-refractivity contribution in [3.8, 4) is 0 Å². The van der Waals surface area contributed by atoms with Gasteiger partial charge < -0.3 is 19.7 Å². The number of carbonyl (C=O) groups excluding carboxylic acids is 1. The van der Waals surface area contributed by atoms with Crippen molar-refractivity contribution in [2.45, 2.75) is 115 Å². The van der Waals surface area contributed by atoms with Gasteiger partial charge in [0, 0.05) is 16.9 Å². The Hall–Kier alpha value is -1.69. The summed E-state index contributed by atoms with van der Waals surface area (Å²) in [4.78, 5) is 12.4. The van der Waals surface area contributed by atoms with Gasteiger partial charge in [-0.25, -0.2) is 4.79 Å². The Morgan fingerprint density at radius 3 is 2.17 bits per heavy atom. The van der Waals surface area contributed by atoms with Gasteiger partial charge in [-0.15, -0.1) is 0 Å². The van der Waals surface area contributed by atoms with Gasteiger partial charge in [0.2, 0.25) is 0 Å². The van der Waals surface area contributed by atoms with E-state index >= 15 is 0 Å². The standard InChI is InChI=1S/C31H46O5/c1-9-25(32)36-31-16-22-14-29(18-31,26(4,5)33)17-30(15-22,19-31)27(6,7)35-20-28(8,34)24-12-10-23(11-13-24)21(2)3/h9-13,21-22,33-34H,1,14-20H2,2-8H3. The molecule has 1 aromatic carbocycles. The van der Waals surface area contributed by atoms with Crippen molar-refractivity contribution in [1.82, 2.24) is 0 Å². The summed E-state index contributed by atoms with van der Waals surface area (Å²) in [6.07, 6.45) is 6.14. The Morgan fingerprint density at radius 1 is 1.03 bits per heavy atom. The van der Waals surface area contributed by atoms with Crippen molar-refractivity contribution in [2.75, 3.05) is 6.61 Å². The van der Waals surface area contributed by atoms with Gasteiger partial charge in [-0.05, 0) is 96.1 Å². The van der Waals surface area contributed by atoms with Gasteiger partial charge in [0.15, 0.2) is 0 Å². The maximum Gasteiger partial charge on any atom is 0.330 e. The second-order valence-electron chi connectivity index (χ2n) is 13.8. The molecule has 4 saturated carbocycles. The Kier molecular flexibility index (Phi) is 6.59. The molecule has 4 bridgehead atoms. The van der Waals surface area contributed by atoms with Gasteiger partial charge in [0.25, 0.3) is 0 Å². The molecule has 36 heavy (non-hydrogen) atoms. The summed E-state index contributed by atoms with van der Waals surface area (Å²) in [5.74, 6) is 0.377. The van der Waals surface area contributed by atoms with Gasteiger partial charge in [0.1, 0.15) is 11.2 Å². The van der Waals surface area contributed by atoms with Crippen LogP contribution in [0.3, 0.4) is 0 Å². The van der Waals surface area contributed by atoms with E-state index in [0.717, 1.165) is 31.2 Å². The maximum atomic E-state index is 12.4. The third-order valence-corrected chi connectivity index (χ3v) is 9.99. The lowest BCUT2D eigenvalue weighted by Gasteiger charge is -2.71. The van der Waals surface area contributed by atoms with Crippen molar-refractivity contribution in [3.63, 3.8) is 0 Å². The quantitative estimate of drug-likeness (QED) is 0.322. The molecule has 0 radical (unpaired) electrons. The Labute approximate surface area is 217 Å². The molecule has 4 aliphatic carbocycles. The molecule has 0 amide bonds. The molecule has 0 aromatic heterocycles. The largest absolute Gasteiger partial charge is 0.456 e. The van der Waals surface area contributed by atoms with E-state index in [9.17, 15) is 15.0 Å². The van der Waals surface area contributed by atoms with Crippen LogP contribution >= 0.6 is 0 Å². The third kappa shape index (κ3) is 4.56. The molecule has 0 aliphatic heterocycles. The molecule has 0 spiro atoms. The average molecular weight is 499 g/mol. The lowest BCUT2D eigenvalue weighted by molar-refractivity contribution is -0.295. The molecule has 4 aliphatic rings. The predicted octanol–water partition coefficient (Wildman–Crippen LogP) is 6.02. The van der Waals surface area contributed by atoms with Crippen LogP contribution in [0.25, 0.3) is 0 Å². The number of aliphatic hydroxyl groups is 2. The Balaban J connectivity index is 1.62. The smallest absolute Gasteiger partial charge is 0.330 e. The van der Waals surface area contributed by atoms with Crippen LogP contribution in [0.2, 0.25) is 0 Å². The topological polar surface area (TPSA) is 76.0 Å². The van der Waals surface area contributed by atoms with Crippen molar-refractivity contribution in [2.24, 2.45) is 16.7 Å². The minimum atomic E-state index is -1.14. The van der Waals surface area contributed by atoms with Gasteiger partial charge in [-0.3, -0.25) is 0 Å². The highest BCUT2D eigenvalue weighted by atomic mass is 16.6. The minimum Gasteiger partial charge on any atom is -0.456 e. The number of carbonyl (C=O) groups is 1. The molecule has 0 saturated heterocycles. The Bertz CT molecular complexity index is 1000. The second kappa shape index (κ2) is 8.68. The first kappa shape index (κ1) is 27.3. The van der Waals surface area contributed by atoms with Crippen LogP contribution in [0.4, 0.5) is 0 Å². The lowest BCUT2D eigenvalue weighted by Crippen LogP contribution is -2.70. The highest BCUT2D eigenvalue weighted by Gasteiger charge is 2.71. The van der Waals surface area contributed by atoms with E-state index in [1.165, 1.54) is 11.6 Å². The number of hydrogen-bond acceptors (Lipinski definition) is 5. The molecule has 5 rings (SSSR count). The molecular formula is C31H46O5. The van der Waals surface area contributed by atoms with Crippen molar-refractivity contribution >= 4 is 5.97 Å². The predicted molar refractivity (Wildman–Crippen MR) is 142 cm³/mol. The first-order valence-corrected chi connectivity index (χ1v) is 13.5. The van der Waals surface area contributed by atoms with Gasteiger partial charge in [-0.1, -0.05) is 44.7 Å². The molecule has 5 atom stereocenters. The van der Waals surface area contributed by atoms with Crippen LogP contribution in [0.1, 0.15) is 104 Å². The van der Waals surface area contributed by atoms with Crippen LogP contribution in [0.15, 0.2) is 36.9 Å². The molecule has 4 fully saturated rings. The highest BCUT2D eigenvalue weighted by molar-refractivity contribution is 5.81. The molecule has 5 unspecified atom stereocenters. The summed E-state index contributed by atoms with van der Waals surface area (Å²) < 4.78 is 12.8. The first-order chi connectivity index (χ1) is 16.5. The fourth-order valence-corrected chi connectivity index (χ4v) is 7.86. The van der Waals surface area contributed by atoms with Crippen LogP contribution in [0, 0.1) is 16.7 Å². The van der Waals surface area contributed by atoms with Gasteiger partial charge in [0.05, 0.1) is 17.8 Å². The van der Waals surface area contributed by atoms with E-state index in [1.807, 2.05) is 26.0 Å². The van der Waals surface area contributed by atoms with Crippen LogP contribution < -0.4 is 0 Å². The summed E-state index contributed by atoms with van der Waals surface area (Å²) >= 11 is 0. The molecule has 200 valence electrons. The monoisotopic (exact) mass is 498 g/mol. The fraction of sp³-hybridized carbons (Fsp3) is 0.710. The van der Waals surface area contributed by atoms with E-state index in [2.05, 4.69) is 46.4 Å². The number of rotatable bonds is 9. The highest BCUT2D eigenvalue weighted by Crippen LogP contribution is 2.73. The van der Waals surface area contributed by atoms with Crippen LogP contribution in [-0.2, 0) is 19.9 Å². The summed E-state index contributed by atoms with van der Waals surface area (Å²) in [6.45, 7) is 17.9. The molecule has 0 heterocycles. The van der Waals surface area contributed by atoms with Crippen molar-refractivity contribution < 1.29 is 24.5 Å². The lowest BCUT2D eigenvalue weighted by atomic mass is 9.37. The first-order valence-electron chi connectivity index (χ1n) is 13.5. The molecule has 5 heteroatoms. The zero-order valence-corrected chi connectivity index (χ0v) is 23.3. The number of esters is 1. The minimum absolute atomic E-state index is 0.155. The number of hydrogen-bond donors (Lipinski definition) is 2. The second-order valence-corrected chi connectivity index (χ2v) is 13.8. The molecule has 2 N–H and O–H groups in total. The summed E-state index contributed by atoms with van der Waals surface area (Å²) in [5, 5.41) is 22.8. The third-order valence-electron chi connectivity index (χ3n) is 9.99. The van der Waals surface area contributed by atoms with E-state index in [0.29, 0.717) is 24.7 Å². The SMILES string of the molecule is C=CC(=O)OC12CC3CC(C(C)(C)O)(C1)CC(C(C)(C)OCC(C)(O)c1ccc(C(C)C)cc1)(C3)C2. The molecular weight excluding hydrogens is 452 g/mol. The van der Waals surface area contributed by atoms with Crippen molar-refractivity contribution in [3.05, 3.63) is 48.0 Å². The van der Waals surface area contributed by atoms with Crippen LogP contribution in [0.5, 0.6) is 0 Å². The maximum absolute atomic E-state index is 12.4. The average Bonchev–Trinajstić information content (AvgIpc) is 2.76. The number of benzene rings is 1.